The number of nitrogens with zero attached hydrogens (tertiary/aromatic N) is 2. The number of nitrogens with two attached hydrogens (primary N) is 1. The van der Waals surface area contributed by atoms with Gasteiger partial charge in [0.1, 0.15) is 16.7 Å². The molecule has 1 amide bonds. The summed E-state index contributed by atoms with van der Waals surface area (Å²) in [5.74, 6) is -1.36. The van der Waals surface area contributed by atoms with Crippen molar-refractivity contribution < 1.29 is 19.1 Å². The van der Waals surface area contributed by atoms with Crippen LogP contribution in [-0.4, -0.2) is 23.1 Å². The largest absolute Gasteiger partial charge is 0.462 e. The molecule has 0 bridgehead atoms. The number of rotatable bonds is 4. The lowest BCUT2D eigenvalue weighted by Crippen LogP contribution is -2.51. The zero-order valence-corrected chi connectivity index (χ0v) is 19.7. The summed E-state index contributed by atoms with van der Waals surface area (Å²) in [4.78, 5) is 43.2. The second kappa shape index (κ2) is 8.16. The monoisotopic (exact) mass is 471 g/mol. The molecule has 0 radical (unpaired) electrons. The van der Waals surface area contributed by atoms with Crippen molar-refractivity contribution in [2.24, 2.45) is 12.8 Å². The molecule has 0 fully saturated rings. The van der Waals surface area contributed by atoms with E-state index in [9.17, 15) is 14.4 Å². The standard InChI is InChI=1S/C27H25N3O5/c1-4-34-25(32)22-23(28)35-20-14-16(2)29(3)24(31)21(20)27(22)18-12-8-9-13-19(18)30(26(27)33)15-17-10-6-5-7-11-17/h5-14H,4,15,28H2,1-3H3/t27-/m1/s1. The summed E-state index contributed by atoms with van der Waals surface area (Å²) in [7, 11) is 1.62. The molecule has 1 atom stereocenters. The maximum Gasteiger partial charge on any atom is 0.341 e. The molecular formula is C27H25N3O5. The molecule has 8 heteroatoms. The number of benzene rings is 2. The van der Waals surface area contributed by atoms with Crippen molar-refractivity contribution in [3.05, 3.63) is 105 Å². The van der Waals surface area contributed by atoms with Gasteiger partial charge in [-0.2, -0.15) is 0 Å². The third-order valence-electron chi connectivity index (χ3n) is 6.68. The predicted molar refractivity (Wildman–Crippen MR) is 130 cm³/mol. The van der Waals surface area contributed by atoms with Crippen molar-refractivity contribution in [2.45, 2.75) is 25.8 Å². The van der Waals surface area contributed by atoms with Gasteiger partial charge in [0.2, 0.25) is 11.8 Å². The van der Waals surface area contributed by atoms with Crippen molar-refractivity contribution in [1.82, 2.24) is 4.57 Å². The van der Waals surface area contributed by atoms with Gasteiger partial charge in [0.25, 0.3) is 5.56 Å². The molecule has 1 spiro atoms. The van der Waals surface area contributed by atoms with Crippen LogP contribution in [0.1, 0.15) is 29.3 Å². The number of aromatic nitrogens is 1. The SMILES string of the molecule is CCOC(=O)C1=C(N)Oc2cc(C)n(C)c(=O)c2[C@@]12C(=O)N(Cc1ccccc1)c1ccccc12. The molecule has 178 valence electrons. The molecule has 2 aliphatic heterocycles. The number of anilines is 1. The first-order valence-corrected chi connectivity index (χ1v) is 11.3. The summed E-state index contributed by atoms with van der Waals surface area (Å²) in [6.45, 7) is 3.73. The first kappa shape index (κ1) is 22.5. The van der Waals surface area contributed by atoms with E-state index in [1.807, 2.05) is 36.4 Å². The van der Waals surface area contributed by atoms with Gasteiger partial charge in [0, 0.05) is 30.1 Å². The lowest BCUT2D eigenvalue weighted by molar-refractivity contribution is -0.140. The molecule has 0 aliphatic carbocycles. The topological polar surface area (TPSA) is 104 Å². The van der Waals surface area contributed by atoms with Gasteiger partial charge in [0.05, 0.1) is 18.7 Å². The Morgan fingerprint density at radius 1 is 1.09 bits per heavy atom. The van der Waals surface area contributed by atoms with Crippen molar-refractivity contribution >= 4 is 17.6 Å². The highest BCUT2D eigenvalue weighted by Crippen LogP contribution is 2.54. The number of para-hydroxylation sites is 1. The Bertz CT molecular complexity index is 1460. The van der Waals surface area contributed by atoms with Crippen LogP contribution in [0.4, 0.5) is 5.69 Å². The van der Waals surface area contributed by atoms with Crippen LogP contribution < -0.4 is 20.9 Å². The van der Waals surface area contributed by atoms with Gasteiger partial charge in [-0.15, -0.1) is 0 Å². The van der Waals surface area contributed by atoms with E-state index < -0.39 is 22.9 Å². The van der Waals surface area contributed by atoms with E-state index >= 15 is 0 Å². The molecule has 0 saturated heterocycles. The number of carbonyl (C=O) groups is 2. The molecule has 2 aromatic carbocycles. The van der Waals surface area contributed by atoms with E-state index in [0.717, 1.165) is 5.56 Å². The van der Waals surface area contributed by atoms with Gasteiger partial charge < -0.3 is 24.7 Å². The van der Waals surface area contributed by atoms with E-state index in [0.29, 0.717) is 16.9 Å². The van der Waals surface area contributed by atoms with E-state index in [1.165, 1.54) is 4.57 Å². The Hall–Kier alpha value is -4.33. The molecule has 0 unspecified atom stereocenters. The van der Waals surface area contributed by atoms with Crippen LogP contribution in [-0.2, 0) is 33.3 Å². The predicted octanol–water partition coefficient (Wildman–Crippen LogP) is 2.65. The van der Waals surface area contributed by atoms with Crippen molar-refractivity contribution in [2.75, 3.05) is 11.5 Å². The van der Waals surface area contributed by atoms with Crippen molar-refractivity contribution in [3.8, 4) is 5.75 Å². The molecule has 35 heavy (non-hydrogen) atoms. The Morgan fingerprint density at radius 2 is 1.77 bits per heavy atom. The Kier molecular flexibility index (Phi) is 5.24. The fourth-order valence-corrected chi connectivity index (χ4v) is 5.01. The molecule has 3 heterocycles. The van der Waals surface area contributed by atoms with Crippen LogP contribution in [0.15, 0.2) is 76.9 Å². The summed E-state index contributed by atoms with van der Waals surface area (Å²) < 4.78 is 12.6. The van der Waals surface area contributed by atoms with Crippen molar-refractivity contribution in [3.63, 3.8) is 0 Å². The Balaban J connectivity index is 1.87. The minimum atomic E-state index is -1.81. The van der Waals surface area contributed by atoms with E-state index in [2.05, 4.69) is 0 Å². The molecule has 0 saturated carbocycles. The number of ether oxygens (including phenoxy) is 2. The maximum absolute atomic E-state index is 14.5. The number of hydrogen-bond donors (Lipinski definition) is 1. The summed E-state index contributed by atoms with van der Waals surface area (Å²) >= 11 is 0. The Morgan fingerprint density at radius 3 is 2.49 bits per heavy atom. The van der Waals surface area contributed by atoms with Crippen LogP contribution in [0, 0.1) is 6.92 Å². The zero-order valence-electron chi connectivity index (χ0n) is 19.7. The number of esters is 1. The van der Waals surface area contributed by atoms with Crippen LogP contribution in [0.25, 0.3) is 0 Å². The van der Waals surface area contributed by atoms with E-state index in [1.54, 1.807) is 50.1 Å². The summed E-state index contributed by atoms with van der Waals surface area (Å²) in [5, 5.41) is 0. The van der Waals surface area contributed by atoms with Crippen LogP contribution >= 0.6 is 0 Å². The number of fused-ring (bicyclic) bond motifs is 4. The quantitative estimate of drug-likeness (QED) is 0.587. The van der Waals surface area contributed by atoms with Gasteiger partial charge in [0.15, 0.2) is 0 Å². The number of carbonyl (C=O) groups excluding carboxylic acids is 2. The Labute approximate surface area is 202 Å². The number of amides is 1. The summed E-state index contributed by atoms with van der Waals surface area (Å²) in [5.41, 5.74) is 6.52. The molecule has 2 N–H and O–H groups in total. The molecule has 3 aromatic rings. The third kappa shape index (κ3) is 3.10. The van der Waals surface area contributed by atoms with Gasteiger partial charge in [-0.05, 0) is 25.5 Å². The highest BCUT2D eigenvalue weighted by molar-refractivity contribution is 6.18. The highest BCUT2D eigenvalue weighted by Gasteiger charge is 2.62. The molecule has 8 nitrogen and oxygen atoms in total. The second-order valence-corrected chi connectivity index (χ2v) is 8.59. The van der Waals surface area contributed by atoms with Gasteiger partial charge in [-0.3, -0.25) is 9.59 Å². The average Bonchev–Trinajstić information content (AvgIpc) is 3.07. The summed E-state index contributed by atoms with van der Waals surface area (Å²) in [6, 6.07) is 18.3. The smallest absolute Gasteiger partial charge is 0.341 e. The maximum atomic E-state index is 14.5. The van der Waals surface area contributed by atoms with Crippen LogP contribution in [0.5, 0.6) is 5.75 Å². The number of pyridine rings is 1. The third-order valence-corrected chi connectivity index (χ3v) is 6.68. The lowest BCUT2D eigenvalue weighted by atomic mass is 9.68. The first-order valence-electron chi connectivity index (χ1n) is 11.3. The van der Waals surface area contributed by atoms with Crippen LogP contribution in [0.3, 0.4) is 0 Å². The minimum Gasteiger partial charge on any atom is -0.462 e. The van der Waals surface area contributed by atoms with Gasteiger partial charge >= 0.3 is 5.97 Å². The zero-order chi connectivity index (χ0) is 24.9. The molecule has 2 aliphatic rings. The normalized spacial score (nSPS) is 18.4. The highest BCUT2D eigenvalue weighted by atomic mass is 16.5. The second-order valence-electron chi connectivity index (χ2n) is 8.59. The summed E-state index contributed by atoms with van der Waals surface area (Å²) in [6.07, 6.45) is 0. The molecule has 1 aromatic heterocycles. The first-order chi connectivity index (χ1) is 16.8. The number of hydrogen-bond acceptors (Lipinski definition) is 6. The molecule has 5 rings (SSSR count). The average molecular weight is 472 g/mol. The van der Waals surface area contributed by atoms with Gasteiger partial charge in [-0.25, -0.2) is 4.79 Å². The lowest BCUT2D eigenvalue weighted by Gasteiger charge is -2.35. The van der Waals surface area contributed by atoms with Gasteiger partial charge in [-0.1, -0.05) is 48.5 Å². The minimum absolute atomic E-state index is 0.0517. The van der Waals surface area contributed by atoms with E-state index in [-0.39, 0.29) is 35.9 Å². The number of aryl methyl sites for hydroxylation is 1. The van der Waals surface area contributed by atoms with Crippen molar-refractivity contribution in [1.29, 1.82) is 0 Å². The fraction of sp³-hybridized carbons (Fsp3) is 0.222. The fourth-order valence-electron chi connectivity index (χ4n) is 5.01. The van der Waals surface area contributed by atoms with Crippen LogP contribution in [0.2, 0.25) is 0 Å². The van der Waals surface area contributed by atoms with E-state index in [4.69, 9.17) is 15.2 Å². The molecular weight excluding hydrogens is 446 g/mol.